The van der Waals surface area contributed by atoms with Crippen molar-refractivity contribution in [2.75, 3.05) is 0 Å². The zero-order chi connectivity index (χ0) is 14.4. The largest absolute Gasteiger partial charge is 0.303 e. The number of nitrogens with one attached hydrogen (secondary N) is 1. The van der Waals surface area contributed by atoms with E-state index in [4.69, 9.17) is 0 Å². The molecule has 0 amide bonds. The van der Waals surface area contributed by atoms with E-state index >= 15 is 0 Å². The van der Waals surface area contributed by atoms with Crippen LogP contribution in [-0.4, -0.2) is 9.78 Å². The van der Waals surface area contributed by atoms with Crippen LogP contribution < -0.4 is 5.32 Å². The number of aromatic nitrogens is 2. The van der Waals surface area contributed by atoms with E-state index in [9.17, 15) is 0 Å². The number of benzene rings is 1. The first-order chi connectivity index (χ1) is 10.2. The van der Waals surface area contributed by atoms with Crippen LogP contribution in [0.15, 0.2) is 28.9 Å². The van der Waals surface area contributed by atoms with Gasteiger partial charge in [-0.25, -0.2) is 0 Å². The van der Waals surface area contributed by atoms with Gasteiger partial charge in [0.1, 0.15) is 0 Å². The quantitative estimate of drug-likeness (QED) is 0.896. The van der Waals surface area contributed by atoms with Crippen molar-refractivity contribution in [1.82, 2.24) is 15.1 Å². The van der Waals surface area contributed by atoms with E-state index in [1.165, 1.54) is 52.5 Å². The summed E-state index contributed by atoms with van der Waals surface area (Å²) in [4.78, 5) is 0. The van der Waals surface area contributed by atoms with Gasteiger partial charge in [-0.3, -0.25) is 4.68 Å². The van der Waals surface area contributed by atoms with Gasteiger partial charge >= 0.3 is 0 Å². The maximum Gasteiger partial charge on any atom is 0.0540 e. The molecule has 2 unspecified atom stereocenters. The Morgan fingerprint density at radius 1 is 1.19 bits per heavy atom. The molecule has 1 aromatic heterocycles. The van der Waals surface area contributed by atoms with Gasteiger partial charge in [0.25, 0.3) is 0 Å². The van der Waals surface area contributed by atoms with Crippen LogP contribution in [0.1, 0.15) is 53.7 Å². The molecule has 1 N–H and O–H groups in total. The Hall–Kier alpha value is -1.13. The van der Waals surface area contributed by atoms with Crippen molar-refractivity contribution in [3.63, 3.8) is 0 Å². The normalized spacial score (nSPS) is 23.9. The molecule has 4 rings (SSSR count). The molecule has 1 heterocycles. The lowest BCUT2D eigenvalue weighted by molar-refractivity contribution is 0.395. The monoisotopic (exact) mass is 345 g/mol. The van der Waals surface area contributed by atoms with Crippen molar-refractivity contribution < 1.29 is 0 Å². The molecular weight excluding hydrogens is 326 g/mol. The summed E-state index contributed by atoms with van der Waals surface area (Å²) < 4.78 is 3.23. The Morgan fingerprint density at radius 2 is 2.05 bits per heavy atom. The lowest BCUT2D eigenvalue weighted by atomic mass is 9.92. The molecule has 1 aromatic carbocycles. The predicted octanol–water partition coefficient (Wildman–Crippen LogP) is 3.84. The molecule has 2 aliphatic carbocycles. The Balaban J connectivity index is 1.59. The van der Waals surface area contributed by atoms with E-state index in [-0.39, 0.29) is 0 Å². The molecule has 2 aromatic rings. The number of nitrogens with zero attached hydrogens (tertiary/aromatic N) is 2. The summed E-state index contributed by atoms with van der Waals surface area (Å²) in [5, 5.41) is 8.34. The molecule has 0 bridgehead atoms. The van der Waals surface area contributed by atoms with Gasteiger partial charge < -0.3 is 5.32 Å². The molecule has 0 radical (unpaired) electrons. The summed E-state index contributed by atoms with van der Waals surface area (Å²) in [6.45, 7) is 0. The van der Waals surface area contributed by atoms with Crippen molar-refractivity contribution in [3.05, 3.63) is 51.3 Å². The SMILES string of the molecule is Cn1ncc2c1CCCC2NC1CCc2cc(Br)ccc21. The maximum atomic E-state index is 4.45. The summed E-state index contributed by atoms with van der Waals surface area (Å²) in [5.74, 6) is 0. The van der Waals surface area contributed by atoms with Crippen molar-refractivity contribution in [2.45, 2.75) is 44.2 Å². The van der Waals surface area contributed by atoms with Crippen LogP contribution in [0.25, 0.3) is 0 Å². The highest BCUT2D eigenvalue weighted by Crippen LogP contribution is 2.37. The number of fused-ring (bicyclic) bond motifs is 2. The molecule has 2 aliphatic rings. The van der Waals surface area contributed by atoms with Crippen LogP contribution in [0, 0.1) is 0 Å². The molecule has 3 nitrogen and oxygen atoms in total. The third-order valence-electron chi connectivity index (χ3n) is 4.96. The summed E-state index contributed by atoms with van der Waals surface area (Å²) in [6.07, 6.45) is 8.09. The van der Waals surface area contributed by atoms with Gasteiger partial charge in [0, 0.05) is 34.9 Å². The molecule has 21 heavy (non-hydrogen) atoms. The van der Waals surface area contributed by atoms with Crippen molar-refractivity contribution in [1.29, 1.82) is 0 Å². The highest BCUT2D eigenvalue weighted by atomic mass is 79.9. The smallest absolute Gasteiger partial charge is 0.0540 e. The van der Waals surface area contributed by atoms with Crippen molar-refractivity contribution >= 4 is 15.9 Å². The lowest BCUT2D eigenvalue weighted by Gasteiger charge is -2.27. The summed E-state index contributed by atoms with van der Waals surface area (Å²) in [5.41, 5.74) is 5.79. The molecule has 2 atom stereocenters. The van der Waals surface area contributed by atoms with Crippen LogP contribution in [0.5, 0.6) is 0 Å². The maximum absolute atomic E-state index is 4.45. The number of rotatable bonds is 2. The van der Waals surface area contributed by atoms with Gasteiger partial charge in [-0.1, -0.05) is 22.0 Å². The molecule has 0 saturated heterocycles. The predicted molar refractivity (Wildman–Crippen MR) is 87.2 cm³/mol. The van der Waals surface area contributed by atoms with E-state index in [0.717, 1.165) is 6.42 Å². The van der Waals surface area contributed by atoms with Gasteiger partial charge in [0.15, 0.2) is 0 Å². The second-order valence-corrected chi connectivity index (χ2v) is 7.13. The Bertz CT molecular complexity index is 677. The van der Waals surface area contributed by atoms with Gasteiger partial charge in [-0.2, -0.15) is 5.10 Å². The average Bonchev–Trinajstić information content (AvgIpc) is 3.04. The molecule has 4 heteroatoms. The first-order valence-electron chi connectivity index (χ1n) is 7.77. The zero-order valence-corrected chi connectivity index (χ0v) is 13.9. The average molecular weight is 346 g/mol. The molecule has 0 aliphatic heterocycles. The van der Waals surface area contributed by atoms with Gasteiger partial charge in [0.2, 0.25) is 0 Å². The van der Waals surface area contributed by atoms with E-state index < -0.39 is 0 Å². The van der Waals surface area contributed by atoms with E-state index in [1.807, 2.05) is 4.68 Å². The van der Waals surface area contributed by atoms with Gasteiger partial charge in [0.05, 0.1) is 6.20 Å². The van der Waals surface area contributed by atoms with Gasteiger partial charge in [-0.05, 0) is 55.4 Å². The Morgan fingerprint density at radius 3 is 2.95 bits per heavy atom. The fourth-order valence-corrected chi connectivity index (χ4v) is 4.29. The Labute approximate surface area is 133 Å². The lowest BCUT2D eigenvalue weighted by Crippen LogP contribution is -2.28. The van der Waals surface area contributed by atoms with Crippen LogP contribution >= 0.6 is 15.9 Å². The number of hydrogen-bond donors (Lipinski definition) is 1. The number of aryl methyl sites for hydroxylation is 2. The summed E-state index contributed by atoms with van der Waals surface area (Å²) in [6, 6.07) is 7.66. The number of hydrogen-bond acceptors (Lipinski definition) is 2. The first-order valence-corrected chi connectivity index (χ1v) is 8.57. The standard InChI is InChI=1S/C17H20BrN3/c1-21-17-4-2-3-15(14(17)10-19-21)20-16-8-5-11-9-12(18)6-7-13(11)16/h6-7,9-10,15-16,20H,2-5,8H2,1H3. The first kappa shape index (κ1) is 13.5. The van der Waals surface area contributed by atoms with E-state index in [0.29, 0.717) is 12.1 Å². The summed E-state index contributed by atoms with van der Waals surface area (Å²) >= 11 is 3.58. The molecule has 110 valence electrons. The van der Waals surface area contributed by atoms with Crippen LogP contribution in [0.3, 0.4) is 0 Å². The highest BCUT2D eigenvalue weighted by Gasteiger charge is 2.29. The second kappa shape index (κ2) is 5.25. The third-order valence-corrected chi connectivity index (χ3v) is 5.45. The minimum absolute atomic E-state index is 0.460. The summed E-state index contributed by atoms with van der Waals surface area (Å²) in [7, 11) is 2.06. The Kier molecular flexibility index (Phi) is 3.38. The minimum Gasteiger partial charge on any atom is -0.303 e. The van der Waals surface area contributed by atoms with Crippen molar-refractivity contribution in [2.24, 2.45) is 7.05 Å². The third kappa shape index (κ3) is 2.34. The molecule has 0 saturated carbocycles. The van der Waals surface area contributed by atoms with Crippen LogP contribution in [0.4, 0.5) is 0 Å². The minimum atomic E-state index is 0.460. The number of halogens is 1. The molecular formula is C17H20BrN3. The fraction of sp³-hybridized carbons (Fsp3) is 0.471. The van der Waals surface area contributed by atoms with Gasteiger partial charge in [-0.15, -0.1) is 0 Å². The molecule has 0 spiro atoms. The van der Waals surface area contributed by atoms with Crippen molar-refractivity contribution in [3.8, 4) is 0 Å². The zero-order valence-electron chi connectivity index (χ0n) is 12.3. The van der Waals surface area contributed by atoms with E-state index in [1.54, 1.807) is 0 Å². The second-order valence-electron chi connectivity index (χ2n) is 6.22. The van der Waals surface area contributed by atoms with Crippen LogP contribution in [0.2, 0.25) is 0 Å². The highest BCUT2D eigenvalue weighted by molar-refractivity contribution is 9.10. The topological polar surface area (TPSA) is 29.9 Å². The van der Waals surface area contributed by atoms with E-state index in [2.05, 4.69) is 57.8 Å². The fourth-order valence-electron chi connectivity index (χ4n) is 3.88. The molecule has 0 fully saturated rings. The van der Waals surface area contributed by atoms with Crippen LogP contribution in [-0.2, 0) is 19.9 Å².